The van der Waals surface area contributed by atoms with Crippen LogP contribution in [0.15, 0.2) is 0 Å². The van der Waals surface area contributed by atoms with Crippen LogP contribution < -0.4 is 0 Å². The minimum absolute atomic E-state index is 0.164. The third-order valence-electron chi connectivity index (χ3n) is 5.12. The molecule has 2 unspecified atom stereocenters. The first kappa shape index (κ1) is 17.7. The highest BCUT2D eigenvalue weighted by Gasteiger charge is 2.46. The van der Waals surface area contributed by atoms with Crippen LogP contribution in [0, 0.1) is 22.7 Å². The SMILES string of the molecule is CCCC(C)(C(=O)C(C)(CCC)C(C)C)C(C)C. The molecular weight excluding hydrogens is 220 g/mol. The zero-order valence-corrected chi connectivity index (χ0v) is 13.9. The standard InChI is InChI=1S/C17H34O/c1-9-11-16(7,13(3)4)15(18)17(8,12-10-2)14(5)6/h13-14H,9-12H2,1-8H3. The Kier molecular flexibility index (Phi) is 6.60. The van der Waals surface area contributed by atoms with Crippen LogP contribution in [0.1, 0.15) is 81.1 Å². The van der Waals surface area contributed by atoms with E-state index in [9.17, 15) is 4.79 Å². The van der Waals surface area contributed by atoms with Crippen molar-refractivity contribution in [3.05, 3.63) is 0 Å². The van der Waals surface area contributed by atoms with Gasteiger partial charge in [-0.3, -0.25) is 4.79 Å². The van der Waals surface area contributed by atoms with Gasteiger partial charge in [0.05, 0.1) is 0 Å². The molecule has 0 fully saturated rings. The minimum atomic E-state index is -0.164. The summed E-state index contributed by atoms with van der Waals surface area (Å²) in [6.07, 6.45) is 4.19. The number of hydrogen-bond donors (Lipinski definition) is 0. The molecular formula is C17H34O. The fourth-order valence-electron chi connectivity index (χ4n) is 3.02. The molecule has 0 aromatic carbocycles. The van der Waals surface area contributed by atoms with Gasteiger partial charge in [0, 0.05) is 10.8 Å². The fraction of sp³-hybridized carbons (Fsp3) is 0.941. The highest BCUT2D eigenvalue weighted by molar-refractivity contribution is 5.90. The van der Waals surface area contributed by atoms with Crippen LogP contribution in [0.4, 0.5) is 0 Å². The number of Topliss-reactive ketones (excluding diaryl/α,β-unsaturated/α-hetero) is 1. The molecule has 0 aromatic heterocycles. The third kappa shape index (κ3) is 3.36. The fourth-order valence-corrected chi connectivity index (χ4v) is 3.02. The number of carbonyl (C=O) groups is 1. The van der Waals surface area contributed by atoms with E-state index in [1.54, 1.807) is 0 Å². The predicted molar refractivity (Wildman–Crippen MR) is 80.7 cm³/mol. The molecule has 0 N–H and O–H groups in total. The van der Waals surface area contributed by atoms with E-state index in [1.807, 2.05) is 0 Å². The number of ketones is 1. The Bertz CT molecular complexity index is 241. The van der Waals surface area contributed by atoms with Gasteiger partial charge in [-0.05, 0) is 24.7 Å². The van der Waals surface area contributed by atoms with Crippen molar-refractivity contribution in [2.75, 3.05) is 0 Å². The minimum Gasteiger partial charge on any atom is -0.298 e. The predicted octanol–water partition coefficient (Wildman–Crippen LogP) is 5.48. The van der Waals surface area contributed by atoms with Crippen LogP contribution in [-0.2, 0) is 4.79 Å². The quantitative estimate of drug-likeness (QED) is 0.560. The lowest BCUT2D eigenvalue weighted by Crippen LogP contribution is -2.46. The van der Waals surface area contributed by atoms with Gasteiger partial charge in [-0.1, -0.05) is 68.2 Å². The largest absolute Gasteiger partial charge is 0.298 e. The number of carbonyl (C=O) groups excluding carboxylic acids is 1. The first-order chi connectivity index (χ1) is 8.16. The molecule has 0 amide bonds. The first-order valence-corrected chi connectivity index (χ1v) is 7.71. The lowest BCUT2D eigenvalue weighted by molar-refractivity contribution is -0.143. The maximum absolute atomic E-state index is 13.1. The molecule has 2 atom stereocenters. The molecule has 0 saturated heterocycles. The topological polar surface area (TPSA) is 17.1 Å². The summed E-state index contributed by atoms with van der Waals surface area (Å²) >= 11 is 0. The lowest BCUT2D eigenvalue weighted by atomic mass is 9.59. The molecule has 0 bridgehead atoms. The van der Waals surface area contributed by atoms with Crippen LogP contribution in [0.25, 0.3) is 0 Å². The van der Waals surface area contributed by atoms with E-state index >= 15 is 0 Å². The van der Waals surface area contributed by atoms with E-state index in [-0.39, 0.29) is 10.8 Å². The third-order valence-corrected chi connectivity index (χ3v) is 5.12. The molecule has 0 aliphatic carbocycles. The molecule has 0 heterocycles. The van der Waals surface area contributed by atoms with E-state index < -0.39 is 0 Å². The van der Waals surface area contributed by atoms with Crippen molar-refractivity contribution >= 4 is 5.78 Å². The summed E-state index contributed by atoms with van der Waals surface area (Å²) < 4.78 is 0. The van der Waals surface area contributed by atoms with Gasteiger partial charge in [-0.2, -0.15) is 0 Å². The van der Waals surface area contributed by atoms with Crippen LogP contribution in [0.5, 0.6) is 0 Å². The molecule has 18 heavy (non-hydrogen) atoms. The Morgan fingerprint density at radius 3 is 1.28 bits per heavy atom. The second-order valence-electron chi connectivity index (χ2n) is 6.97. The van der Waals surface area contributed by atoms with E-state index in [0.29, 0.717) is 17.6 Å². The van der Waals surface area contributed by atoms with Crippen molar-refractivity contribution in [2.45, 2.75) is 81.1 Å². The Morgan fingerprint density at radius 2 is 1.11 bits per heavy atom. The van der Waals surface area contributed by atoms with E-state index in [2.05, 4.69) is 55.4 Å². The van der Waals surface area contributed by atoms with Gasteiger partial charge in [0.1, 0.15) is 5.78 Å². The summed E-state index contributed by atoms with van der Waals surface area (Å²) in [5.74, 6) is 1.32. The Labute approximate surface area is 115 Å². The molecule has 0 spiro atoms. The highest BCUT2D eigenvalue weighted by Crippen LogP contribution is 2.45. The summed E-state index contributed by atoms with van der Waals surface area (Å²) in [7, 11) is 0. The van der Waals surface area contributed by atoms with Crippen molar-refractivity contribution < 1.29 is 4.79 Å². The van der Waals surface area contributed by atoms with Gasteiger partial charge in [-0.15, -0.1) is 0 Å². The number of hydrogen-bond acceptors (Lipinski definition) is 1. The molecule has 0 saturated carbocycles. The van der Waals surface area contributed by atoms with Gasteiger partial charge in [0.15, 0.2) is 0 Å². The van der Waals surface area contributed by atoms with Crippen molar-refractivity contribution in [3.63, 3.8) is 0 Å². The first-order valence-electron chi connectivity index (χ1n) is 7.71. The van der Waals surface area contributed by atoms with Crippen molar-refractivity contribution in [1.29, 1.82) is 0 Å². The summed E-state index contributed by atoms with van der Waals surface area (Å²) in [5.41, 5.74) is -0.327. The highest BCUT2D eigenvalue weighted by atomic mass is 16.1. The monoisotopic (exact) mass is 254 g/mol. The van der Waals surface area contributed by atoms with E-state index in [4.69, 9.17) is 0 Å². The molecule has 0 aliphatic rings. The van der Waals surface area contributed by atoms with Crippen LogP contribution in [0.3, 0.4) is 0 Å². The van der Waals surface area contributed by atoms with E-state index in [0.717, 1.165) is 25.7 Å². The summed E-state index contributed by atoms with van der Waals surface area (Å²) in [6.45, 7) is 17.5. The normalized spacial score (nSPS) is 18.8. The van der Waals surface area contributed by atoms with E-state index in [1.165, 1.54) is 0 Å². The summed E-state index contributed by atoms with van der Waals surface area (Å²) in [4.78, 5) is 13.1. The second kappa shape index (κ2) is 6.73. The van der Waals surface area contributed by atoms with Gasteiger partial charge < -0.3 is 0 Å². The Hall–Kier alpha value is -0.330. The van der Waals surface area contributed by atoms with Crippen molar-refractivity contribution in [2.24, 2.45) is 22.7 Å². The average molecular weight is 254 g/mol. The van der Waals surface area contributed by atoms with Gasteiger partial charge >= 0.3 is 0 Å². The molecule has 1 nitrogen and oxygen atoms in total. The van der Waals surface area contributed by atoms with Gasteiger partial charge in [0.25, 0.3) is 0 Å². The second-order valence-corrected chi connectivity index (χ2v) is 6.97. The summed E-state index contributed by atoms with van der Waals surface area (Å²) in [6, 6.07) is 0. The number of rotatable bonds is 8. The maximum Gasteiger partial charge on any atom is 0.145 e. The molecule has 0 aromatic rings. The van der Waals surface area contributed by atoms with Crippen molar-refractivity contribution in [3.8, 4) is 0 Å². The molecule has 0 rings (SSSR count). The maximum atomic E-state index is 13.1. The Balaban J connectivity index is 5.40. The van der Waals surface area contributed by atoms with Crippen LogP contribution >= 0.6 is 0 Å². The van der Waals surface area contributed by atoms with Crippen LogP contribution in [0.2, 0.25) is 0 Å². The molecule has 1 heteroatoms. The molecule has 0 aliphatic heterocycles. The van der Waals surface area contributed by atoms with Crippen LogP contribution in [-0.4, -0.2) is 5.78 Å². The zero-order valence-electron chi connectivity index (χ0n) is 13.9. The molecule has 108 valence electrons. The molecule has 0 radical (unpaired) electrons. The smallest absolute Gasteiger partial charge is 0.145 e. The van der Waals surface area contributed by atoms with Gasteiger partial charge in [0.2, 0.25) is 0 Å². The summed E-state index contributed by atoms with van der Waals surface area (Å²) in [5, 5.41) is 0. The van der Waals surface area contributed by atoms with Gasteiger partial charge in [-0.25, -0.2) is 0 Å². The Morgan fingerprint density at radius 1 is 0.833 bits per heavy atom. The van der Waals surface area contributed by atoms with Crippen molar-refractivity contribution in [1.82, 2.24) is 0 Å². The lowest BCUT2D eigenvalue weighted by Gasteiger charge is -2.43. The zero-order chi connectivity index (χ0) is 14.6. The average Bonchev–Trinajstić information content (AvgIpc) is 2.27.